The fourth-order valence-corrected chi connectivity index (χ4v) is 17.2. The van der Waals surface area contributed by atoms with Crippen LogP contribution in [0.2, 0.25) is 0 Å². The van der Waals surface area contributed by atoms with Crippen molar-refractivity contribution in [2.24, 2.45) is 11.8 Å². The van der Waals surface area contributed by atoms with Crippen molar-refractivity contribution < 1.29 is 0 Å². The van der Waals surface area contributed by atoms with Crippen LogP contribution in [-0.4, -0.2) is 86.9 Å². The molecule has 5 heterocycles. The Morgan fingerprint density at radius 3 is 1.65 bits per heavy atom. The van der Waals surface area contributed by atoms with Crippen molar-refractivity contribution in [3.8, 4) is 0 Å². The maximum Gasteiger partial charge on any atom is 0.0513 e. The summed E-state index contributed by atoms with van der Waals surface area (Å²) in [4.78, 5) is 12.8. The van der Waals surface area contributed by atoms with Crippen LogP contribution < -0.4 is 15.1 Å². The molecule has 5 saturated carbocycles. The monoisotopic (exact) mass is 823 g/mol. The molecule has 4 aliphatic heterocycles. The minimum Gasteiger partial charge on any atom is -0.362 e. The summed E-state index contributed by atoms with van der Waals surface area (Å²) in [7, 11) is 0. The number of nitrogens with one attached hydrogen (secondary N) is 1. The molecule has 0 radical (unpaired) electrons. The van der Waals surface area contributed by atoms with Gasteiger partial charge in [0.25, 0.3) is 0 Å². The molecule has 0 spiro atoms. The van der Waals surface area contributed by atoms with Gasteiger partial charge in [0.05, 0.1) is 6.04 Å². The highest BCUT2D eigenvalue weighted by molar-refractivity contribution is 6.08. The summed E-state index contributed by atoms with van der Waals surface area (Å²) in [6.07, 6.45) is 19.9. The summed E-state index contributed by atoms with van der Waals surface area (Å²) in [5.74, 6) is 1.21. The van der Waals surface area contributed by atoms with E-state index in [1.807, 2.05) is 0 Å². The van der Waals surface area contributed by atoms with Crippen LogP contribution in [0.3, 0.4) is 0 Å². The summed E-state index contributed by atoms with van der Waals surface area (Å²) in [5, 5.41) is 7.51. The van der Waals surface area contributed by atoms with E-state index >= 15 is 0 Å². The third-order valence-electron chi connectivity index (χ3n) is 19.1. The predicted octanol–water partition coefficient (Wildman–Crippen LogP) is 10.7. The third-order valence-corrected chi connectivity index (χ3v) is 19.1. The molecule has 1 aromatic heterocycles. The molecule has 9 fully saturated rings. The molecule has 1 N–H and O–H groups in total. The molecule has 5 aromatic rings. The number of aromatic nitrogens is 1. The van der Waals surface area contributed by atoms with E-state index in [0.29, 0.717) is 90.4 Å². The maximum absolute atomic E-state index is 5.21. The average Bonchev–Trinajstić information content (AvgIpc) is 3.67. The number of anilines is 2. The van der Waals surface area contributed by atoms with E-state index in [9.17, 15) is 0 Å². The van der Waals surface area contributed by atoms with E-state index in [1.54, 1.807) is 5.57 Å². The molecule has 62 heavy (non-hydrogen) atoms. The number of hydrogen-bond acceptors (Lipinski definition) is 5. The molecule has 9 aliphatic rings. The normalized spacial score (nSPS) is 40.2. The average molecular weight is 823 g/mol. The van der Waals surface area contributed by atoms with Crippen molar-refractivity contribution in [2.75, 3.05) is 9.80 Å². The number of piperidine rings is 1. The predicted molar refractivity (Wildman–Crippen MR) is 254 cm³/mol. The lowest BCUT2D eigenvalue weighted by Crippen LogP contribution is -2.89. The van der Waals surface area contributed by atoms with Crippen LogP contribution in [0.5, 0.6) is 0 Å². The largest absolute Gasteiger partial charge is 0.362 e. The summed E-state index contributed by atoms with van der Waals surface area (Å²) in [6.45, 7) is 5.21. The molecule has 320 valence electrons. The van der Waals surface area contributed by atoms with Crippen molar-refractivity contribution in [1.29, 1.82) is 0 Å². The van der Waals surface area contributed by atoms with E-state index in [0.717, 1.165) is 6.42 Å². The molecule has 14 rings (SSSR count). The summed E-state index contributed by atoms with van der Waals surface area (Å²) in [5.41, 5.74) is 7.35. The fourth-order valence-electron chi connectivity index (χ4n) is 17.2. The quantitative estimate of drug-likeness (QED) is 0.183. The summed E-state index contributed by atoms with van der Waals surface area (Å²) in [6, 6.07) is 48.9. The van der Waals surface area contributed by atoms with Gasteiger partial charge in [0.15, 0.2) is 0 Å². The number of rotatable bonds is 3. The van der Waals surface area contributed by atoms with Crippen molar-refractivity contribution in [3.05, 3.63) is 121 Å². The second-order valence-electron chi connectivity index (χ2n) is 21.5. The van der Waals surface area contributed by atoms with E-state index in [2.05, 4.69) is 133 Å². The SMILES string of the molecule is C=C1C2CCCCC2N2C3CCCCC3NC3C2C1CC1C3N2C3CCCCC3N(c3ccccc3)C3CC(n4c5ccccc5c5ccccc54)CC(C32)N1c1ccccc1. The highest BCUT2D eigenvalue weighted by Gasteiger charge is 2.68. The fraction of sp³-hybridized carbons (Fsp3) is 0.536. The van der Waals surface area contributed by atoms with Crippen LogP contribution in [0.4, 0.5) is 11.4 Å². The zero-order valence-corrected chi connectivity index (χ0v) is 36.6. The Hall–Kier alpha value is -4.10. The van der Waals surface area contributed by atoms with Gasteiger partial charge in [0.1, 0.15) is 0 Å². The number of benzene rings is 4. The summed E-state index contributed by atoms with van der Waals surface area (Å²) < 4.78 is 2.82. The zero-order chi connectivity index (χ0) is 40.6. The van der Waals surface area contributed by atoms with Gasteiger partial charge in [-0.25, -0.2) is 0 Å². The molecule has 5 aliphatic carbocycles. The topological polar surface area (TPSA) is 29.9 Å². The molecular formula is C56H66N6. The molecule has 0 bridgehead atoms. The van der Waals surface area contributed by atoms with Gasteiger partial charge in [0.2, 0.25) is 0 Å². The van der Waals surface area contributed by atoms with E-state index < -0.39 is 0 Å². The van der Waals surface area contributed by atoms with Gasteiger partial charge in [-0.15, -0.1) is 0 Å². The van der Waals surface area contributed by atoms with E-state index in [-0.39, 0.29) is 0 Å². The minimum atomic E-state index is 0.372. The highest BCUT2D eigenvalue weighted by Crippen LogP contribution is 2.59. The molecule has 4 saturated heterocycles. The molecule has 15 atom stereocenters. The van der Waals surface area contributed by atoms with Gasteiger partial charge in [0, 0.05) is 106 Å². The van der Waals surface area contributed by atoms with Crippen LogP contribution >= 0.6 is 0 Å². The lowest BCUT2D eigenvalue weighted by Gasteiger charge is -2.74. The second-order valence-corrected chi connectivity index (χ2v) is 21.5. The Morgan fingerprint density at radius 2 is 0.968 bits per heavy atom. The number of fused-ring (bicyclic) bond motifs is 12. The van der Waals surface area contributed by atoms with Gasteiger partial charge in [-0.05, 0) is 106 Å². The Bertz CT molecular complexity index is 2430. The number of para-hydroxylation sites is 4. The van der Waals surface area contributed by atoms with Crippen LogP contribution in [0.15, 0.2) is 121 Å². The Balaban J connectivity index is 0.991. The number of nitrogens with zero attached hydrogens (tertiary/aromatic N) is 5. The van der Waals surface area contributed by atoms with E-state index in [4.69, 9.17) is 11.9 Å². The Labute approximate surface area is 369 Å². The molecule has 6 heteroatoms. The van der Waals surface area contributed by atoms with Crippen molar-refractivity contribution in [1.82, 2.24) is 19.7 Å². The van der Waals surface area contributed by atoms with Crippen LogP contribution in [0.1, 0.15) is 102 Å². The highest BCUT2D eigenvalue weighted by atomic mass is 15.5. The zero-order valence-electron chi connectivity index (χ0n) is 36.6. The molecule has 15 unspecified atom stereocenters. The lowest BCUT2D eigenvalue weighted by atomic mass is 9.57. The van der Waals surface area contributed by atoms with Gasteiger partial charge < -0.3 is 19.7 Å². The smallest absolute Gasteiger partial charge is 0.0513 e. The Morgan fingerprint density at radius 1 is 0.435 bits per heavy atom. The minimum absolute atomic E-state index is 0.372. The molecular weight excluding hydrogens is 757 g/mol. The second kappa shape index (κ2) is 14.5. The van der Waals surface area contributed by atoms with Gasteiger partial charge in [-0.1, -0.05) is 123 Å². The Kier molecular flexibility index (Phi) is 8.70. The first-order valence-electron chi connectivity index (χ1n) is 25.4. The first-order chi connectivity index (χ1) is 30.7. The van der Waals surface area contributed by atoms with Gasteiger partial charge >= 0.3 is 0 Å². The first-order valence-corrected chi connectivity index (χ1v) is 25.4. The summed E-state index contributed by atoms with van der Waals surface area (Å²) >= 11 is 0. The van der Waals surface area contributed by atoms with Crippen LogP contribution in [0, 0.1) is 11.8 Å². The molecule has 0 amide bonds. The van der Waals surface area contributed by atoms with Crippen molar-refractivity contribution in [3.63, 3.8) is 0 Å². The van der Waals surface area contributed by atoms with Gasteiger partial charge in [-0.2, -0.15) is 0 Å². The third kappa shape index (κ3) is 5.26. The maximum atomic E-state index is 5.21. The van der Waals surface area contributed by atoms with Crippen molar-refractivity contribution in [2.45, 2.75) is 175 Å². The lowest BCUT2D eigenvalue weighted by molar-refractivity contribution is -0.152. The molecule has 4 aromatic carbocycles. The standard InChI is InChI=1S/C56H66N6/c1-35-39-22-8-12-26-44(39)61-47-29-15-11-25-43(47)57-53-54(61)42(35)34-52-56(53)62-49-31-17-16-30-48(49)58(36-18-4-2-5-19-36)50-32-38(33-51(55(50)62)59(52)37-20-6-3-7-21-37)60-45-27-13-9-23-40(45)41-24-10-14-28-46(41)60/h2-7,9-10,13-14,18-21,23-24,27-28,38-39,42-44,47-57H,1,8,11-12,15-17,22,25-26,29-34H2. The number of piperazine rings is 3. The van der Waals surface area contributed by atoms with Crippen molar-refractivity contribution >= 4 is 33.2 Å². The first kappa shape index (κ1) is 37.3. The molecule has 6 nitrogen and oxygen atoms in total. The van der Waals surface area contributed by atoms with Gasteiger partial charge in [-0.3, -0.25) is 9.80 Å². The van der Waals surface area contributed by atoms with Crippen LogP contribution in [-0.2, 0) is 0 Å². The van der Waals surface area contributed by atoms with E-state index in [1.165, 1.54) is 123 Å². The van der Waals surface area contributed by atoms with Crippen LogP contribution in [0.25, 0.3) is 21.8 Å². The number of hydrogen-bond donors (Lipinski definition) is 1.